The molecule has 21 rings (SSSR count). The summed E-state index contributed by atoms with van der Waals surface area (Å²) in [5, 5.41) is 14.9. The lowest BCUT2D eigenvalue weighted by Gasteiger charge is -2.38. The fourth-order valence-corrected chi connectivity index (χ4v) is 19.4. The summed E-state index contributed by atoms with van der Waals surface area (Å²) in [6.07, 6.45) is 0.905. The van der Waals surface area contributed by atoms with Crippen molar-refractivity contribution in [1.29, 1.82) is 0 Å². The first-order valence-corrected chi connectivity index (χ1v) is 37.7. The highest BCUT2D eigenvalue weighted by molar-refractivity contribution is 7.00. The molecule has 0 amide bonds. The average Bonchev–Trinajstić information content (AvgIpc) is 1.04. The summed E-state index contributed by atoms with van der Waals surface area (Å²) in [6, 6.07) is 126. The first kappa shape index (κ1) is 57.7. The van der Waals surface area contributed by atoms with Crippen LogP contribution in [0.2, 0.25) is 13.1 Å². The summed E-state index contributed by atoms with van der Waals surface area (Å²) in [6.45, 7) is 4.90. The molecule has 0 bridgehead atoms. The molecule has 1 aliphatic rings. The molecule has 0 aliphatic heterocycles. The Kier molecular flexibility index (Phi) is 13.0. The summed E-state index contributed by atoms with van der Waals surface area (Å²) < 4.78 is 20.1. The van der Waals surface area contributed by atoms with Crippen LogP contribution in [0.5, 0.6) is 0 Å². The van der Waals surface area contributed by atoms with Gasteiger partial charge in [0.15, 0.2) is 0 Å². The maximum atomic E-state index is 6.46. The van der Waals surface area contributed by atoms with E-state index in [0.717, 1.165) is 61.7 Å². The molecule has 472 valence electrons. The monoisotopic (exact) mass is 1300 g/mol. The molecule has 0 saturated heterocycles. The minimum Gasteiger partial charge on any atom is -0.456 e. The van der Waals surface area contributed by atoms with E-state index in [1.165, 1.54) is 126 Å². The molecule has 5 nitrogen and oxygen atoms in total. The molecular formula is C94H65N3O2Si. The number of hydrogen-bond donors (Lipinski definition) is 0. The van der Waals surface area contributed by atoms with Gasteiger partial charge in [0.2, 0.25) is 0 Å². The molecule has 100 heavy (non-hydrogen) atoms. The molecule has 1 aliphatic carbocycles. The molecule has 0 spiro atoms. The molecule has 0 radical (unpaired) electrons. The summed E-state index contributed by atoms with van der Waals surface area (Å²) in [5.41, 5.74) is 24.5. The van der Waals surface area contributed by atoms with Crippen molar-refractivity contribution in [3.63, 3.8) is 0 Å². The second kappa shape index (κ2) is 22.5. The van der Waals surface area contributed by atoms with Gasteiger partial charge in [-0.25, -0.2) is 0 Å². The highest BCUT2D eigenvalue weighted by atomic mass is 28.3. The average molecular weight is 1300 g/mol. The van der Waals surface area contributed by atoms with E-state index in [-0.39, 0.29) is 0 Å². The first-order valence-electron chi connectivity index (χ1n) is 34.7. The van der Waals surface area contributed by atoms with E-state index in [1.807, 2.05) is 0 Å². The summed E-state index contributed by atoms with van der Waals surface area (Å²) in [7, 11) is -2.18. The minimum absolute atomic E-state index is 0.465. The van der Waals surface area contributed by atoms with Gasteiger partial charge in [-0.15, -0.1) is 0 Å². The number of benzene rings is 15. The van der Waals surface area contributed by atoms with Crippen LogP contribution in [-0.2, 0) is 11.8 Å². The van der Waals surface area contributed by atoms with Gasteiger partial charge in [-0.1, -0.05) is 272 Å². The van der Waals surface area contributed by atoms with Crippen LogP contribution in [0.1, 0.15) is 33.4 Å². The molecule has 20 aromatic rings. The van der Waals surface area contributed by atoms with Crippen LogP contribution in [0.15, 0.2) is 355 Å². The van der Waals surface area contributed by atoms with E-state index in [2.05, 4.69) is 373 Å². The van der Waals surface area contributed by atoms with Gasteiger partial charge in [-0.05, 0) is 148 Å². The molecule has 0 atom stereocenters. The highest BCUT2D eigenvalue weighted by Crippen LogP contribution is 2.51. The predicted molar refractivity (Wildman–Crippen MR) is 420 cm³/mol. The van der Waals surface area contributed by atoms with Crippen LogP contribution in [0.4, 0.5) is 0 Å². The zero-order valence-electron chi connectivity index (χ0n) is 55.3. The van der Waals surface area contributed by atoms with Crippen molar-refractivity contribution in [2.45, 2.75) is 24.9 Å². The van der Waals surface area contributed by atoms with Crippen molar-refractivity contribution >= 4 is 128 Å². The zero-order valence-corrected chi connectivity index (χ0v) is 56.3. The summed E-state index contributed by atoms with van der Waals surface area (Å²) in [5.74, 6) is 0. The minimum atomic E-state index is -2.18. The fraction of sp³-hybridized carbons (Fsp3) is 0.0426. The van der Waals surface area contributed by atoms with Crippen LogP contribution >= 0.6 is 0 Å². The highest BCUT2D eigenvalue weighted by Gasteiger charge is 2.41. The number of fused-ring (bicyclic) bond motifs is 18. The SMILES string of the molecule is C[Si](C)(c1ccc2oc3ccc(-n4c5ccccc5c5ccccc54)cc3c2c1)c1ccc2oc3ccc(-n4c5ccccc5c5ccccc54)cc3c2c1.c1ccc(C(c2ccccc2)(c2ccccc2)c2cccc3c2Cc2ccc(-n4c5ccccc5c5ccccc54)cc2-3)cc1. The van der Waals surface area contributed by atoms with Crippen LogP contribution in [0, 0.1) is 0 Å². The Balaban J connectivity index is 0.000000138. The lowest BCUT2D eigenvalue weighted by Crippen LogP contribution is -2.52. The Morgan fingerprint density at radius 1 is 0.270 bits per heavy atom. The van der Waals surface area contributed by atoms with Crippen molar-refractivity contribution in [2.24, 2.45) is 0 Å². The van der Waals surface area contributed by atoms with Gasteiger partial charge in [0, 0.05) is 70.9 Å². The Hall–Kier alpha value is -12.5. The molecule has 0 N–H and O–H groups in total. The maximum Gasteiger partial charge on any atom is 0.135 e. The van der Waals surface area contributed by atoms with Crippen molar-refractivity contribution in [3.8, 4) is 28.2 Å². The van der Waals surface area contributed by atoms with Gasteiger partial charge in [0.25, 0.3) is 0 Å². The number of hydrogen-bond acceptors (Lipinski definition) is 2. The van der Waals surface area contributed by atoms with Crippen LogP contribution in [0.3, 0.4) is 0 Å². The smallest absolute Gasteiger partial charge is 0.135 e. The van der Waals surface area contributed by atoms with Gasteiger partial charge in [-0.2, -0.15) is 0 Å². The Labute approximate surface area is 578 Å². The number of rotatable bonds is 9. The van der Waals surface area contributed by atoms with Crippen molar-refractivity contribution < 1.29 is 8.83 Å². The standard InChI is InChI=1S/C50H34N2O2Si.C44H31N/c1-55(2,33-21-25-49-41(29-33)39-27-31(19-23-47(39)53-49)51-43-15-7-3-11-35(43)36-12-4-8-16-44(36)51)34-22-26-50-42(30-34)40-28-32(20-24-48(40)54-50)52-45-17-9-5-13-37(45)38-14-6-10-18-46(38)52;1-4-15-32(16-5-1)44(33-17-6-2-7-18-33,34-19-8-3-9-20-34)41-24-14-23-36-39-30-35(28-27-31(39)29-40(36)41)45-42-25-12-10-21-37(42)38-22-11-13-26-43(38)45/h3-30H,1-2H3;1-28,30H,29H2. The maximum absolute atomic E-state index is 6.46. The van der Waals surface area contributed by atoms with Gasteiger partial charge >= 0.3 is 0 Å². The number of furan rings is 2. The Morgan fingerprint density at radius 3 is 0.970 bits per heavy atom. The third-order valence-electron chi connectivity index (χ3n) is 21.8. The second-order valence-corrected chi connectivity index (χ2v) is 31.8. The molecule has 5 heterocycles. The molecular weight excluding hydrogens is 1230 g/mol. The first-order chi connectivity index (χ1) is 49.3. The van der Waals surface area contributed by atoms with E-state index in [4.69, 9.17) is 8.83 Å². The van der Waals surface area contributed by atoms with Gasteiger partial charge < -0.3 is 22.5 Å². The number of para-hydroxylation sites is 6. The normalized spacial score (nSPS) is 12.5. The molecule has 6 heteroatoms. The van der Waals surface area contributed by atoms with Crippen LogP contribution in [-0.4, -0.2) is 21.8 Å². The number of aromatic nitrogens is 3. The van der Waals surface area contributed by atoms with Crippen LogP contribution < -0.4 is 10.4 Å². The third kappa shape index (κ3) is 8.73. The van der Waals surface area contributed by atoms with Gasteiger partial charge in [0.05, 0.1) is 38.5 Å². The predicted octanol–water partition coefficient (Wildman–Crippen LogP) is 23.2. The number of nitrogens with zero attached hydrogens (tertiary/aromatic N) is 3. The van der Waals surface area contributed by atoms with Gasteiger partial charge in [-0.3, -0.25) is 0 Å². The summed E-state index contributed by atoms with van der Waals surface area (Å²) in [4.78, 5) is 0. The summed E-state index contributed by atoms with van der Waals surface area (Å²) >= 11 is 0. The Bertz CT molecular complexity index is 6170. The topological polar surface area (TPSA) is 41.1 Å². The zero-order chi connectivity index (χ0) is 66.2. The van der Waals surface area contributed by atoms with Gasteiger partial charge in [0.1, 0.15) is 30.4 Å². The molecule has 15 aromatic carbocycles. The van der Waals surface area contributed by atoms with E-state index >= 15 is 0 Å². The van der Waals surface area contributed by atoms with E-state index in [0.29, 0.717) is 0 Å². The lowest BCUT2D eigenvalue weighted by molar-refractivity contribution is 0.668. The van der Waals surface area contributed by atoms with E-state index in [9.17, 15) is 0 Å². The molecule has 5 aromatic heterocycles. The lowest BCUT2D eigenvalue weighted by atomic mass is 9.63. The fourth-order valence-electron chi connectivity index (χ4n) is 17.1. The van der Waals surface area contributed by atoms with E-state index < -0.39 is 13.5 Å². The Morgan fingerprint density at radius 2 is 0.590 bits per heavy atom. The van der Waals surface area contributed by atoms with Crippen molar-refractivity contribution in [1.82, 2.24) is 13.7 Å². The third-order valence-corrected chi connectivity index (χ3v) is 25.3. The van der Waals surface area contributed by atoms with Crippen molar-refractivity contribution in [3.05, 3.63) is 379 Å². The van der Waals surface area contributed by atoms with E-state index in [1.54, 1.807) is 0 Å². The second-order valence-electron chi connectivity index (χ2n) is 27.4. The molecule has 0 fully saturated rings. The molecule has 0 saturated carbocycles. The molecule has 0 unspecified atom stereocenters. The van der Waals surface area contributed by atoms with Crippen LogP contribution in [0.25, 0.3) is 137 Å². The largest absolute Gasteiger partial charge is 0.456 e. The van der Waals surface area contributed by atoms with Crippen molar-refractivity contribution in [2.75, 3.05) is 0 Å². The quantitative estimate of drug-likeness (QED) is 0.107.